The first-order valence-electron chi connectivity index (χ1n) is 20.2. The fourth-order valence-corrected chi connectivity index (χ4v) is 7.11. The minimum Gasteiger partial charge on any atom is -0.510 e. The van der Waals surface area contributed by atoms with Gasteiger partial charge >= 0.3 is 0 Å². The minimum atomic E-state index is -0.298. The molecule has 0 saturated carbocycles. The molecule has 0 saturated heterocycles. The maximum absolute atomic E-state index is 6.77. The predicted molar refractivity (Wildman–Crippen MR) is 234 cm³/mol. The van der Waals surface area contributed by atoms with Gasteiger partial charge in [0, 0.05) is 49.7 Å². The number of para-hydroxylation sites is 1. The molecule has 0 aliphatic carbocycles. The number of nitrogens with zero attached hydrogens (tertiary/aromatic N) is 5. The molecule has 306 valence electrons. The van der Waals surface area contributed by atoms with Crippen molar-refractivity contribution in [2.24, 2.45) is 0 Å². The first kappa shape index (κ1) is 43.0. The van der Waals surface area contributed by atoms with Gasteiger partial charge in [0.25, 0.3) is 6.33 Å². The van der Waals surface area contributed by atoms with Crippen molar-refractivity contribution in [3.8, 4) is 28.7 Å². The number of hydrogen-bond acceptors (Lipinski definition) is 3. The van der Waals surface area contributed by atoms with Crippen molar-refractivity contribution in [1.29, 1.82) is 0 Å². The largest absolute Gasteiger partial charge is 0.510 e. The zero-order valence-corrected chi connectivity index (χ0v) is 39.3. The molecular formula is C51H59N5OPt-2. The molecule has 58 heavy (non-hydrogen) atoms. The second kappa shape index (κ2) is 14.9. The Labute approximate surface area is 360 Å². The maximum Gasteiger partial charge on any atom is 0.271 e. The molecule has 4 aromatic carbocycles. The molecule has 0 aliphatic heterocycles. The van der Waals surface area contributed by atoms with Crippen LogP contribution < -0.4 is 9.42 Å². The summed E-state index contributed by atoms with van der Waals surface area (Å²) in [4.78, 5) is 4.86. The van der Waals surface area contributed by atoms with Gasteiger partial charge < -0.3 is 13.9 Å². The summed E-state index contributed by atoms with van der Waals surface area (Å²) in [6, 6.07) is 35.3. The van der Waals surface area contributed by atoms with Crippen LogP contribution in [-0.2, 0) is 48.1 Å². The average Bonchev–Trinajstić information content (AvgIpc) is 3.71. The van der Waals surface area contributed by atoms with E-state index < -0.39 is 0 Å². The van der Waals surface area contributed by atoms with E-state index in [1.807, 2.05) is 16.9 Å². The van der Waals surface area contributed by atoms with Crippen molar-refractivity contribution in [2.45, 2.75) is 131 Å². The Morgan fingerprint density at radius 1 is 0.569 bits per heavy atom. The molecule has 0 bridgehead atoms. The van der Waals surface area contributed by atoms with Crippen LogP contribution in [0.1, 0.15) is 132 Å². The molecule has 0 amide bonds. The molecule has 0 N–H and O–H groups in total. The molecule has 6 nitrogen and oxygen atoms in total. The van der Waals surface area contributed by atoms with Crippen LogP contribution in [-0.4, -0.2) is 19.2 Å². The number of hydrogen-bond donors (Lipinski definition) is 0. The molecule has 0 fully saturated rings. The summed E-state index contributed by atoms with van der Waals surface area (Å²) in [5.41, 5.74) is 8.08. The quantitative estimate of drug-likeness (QED) is 0.128. The van der Waals surface area contributed by atoms with Gasteiger partial charge in [0.05, 0.1) is 5.69 Å². The number of benzene rings is 4. The van der Waals surface area contributed by atoms with Crippen LogP contribution in [0.4, 0.5) is 0 Å². The first-order valence-corrected chi connectivity index (χ1v) is 20.2. The van der Waals surface area contributed by atoms with Crippen LogP contribution in [0.3, 0.4) is 0 Å². The Hall–Kier alpha value is -4.54. The molecule has 0 atom stereocenters. The SMILES string of the molecule is CC(C)(C)c1cc(Oc2[c-]c3c(cc2)c2ccccc2n3-c2cc(C(C)(C)C)ccn2)[c-]c(-n2[c-][n+](-c3cc(C(C)(C)C)cc(C(C)(C)C)c3)nc2C(C)(C)C)c1.[Pt]. The zero-order valence-electron chi connectivity index (χ0n) is 37.0. The van der Waals surface area contributed by atoms with E-state index in [9.17, 15) is 0 Å². The van der Waals surface area contributed by atoms with Crippen LogP contribution in [0.15, 0.2) is 85.1 Å². The summed E-state index contributed by atoms with van der Waals surface area (Å²) in [5.74, 6) is 2.92. The van der Waals surface area contributed by atoms with Crippen molar-refractivity contribution in [2.75, 3.05) is 0 Å². The van der Waals surface area contributed by atoms with Crippen LogP contribution >= 0.6 is 0 Å². The van der Waals surface area contributed by atoms with Gasteiger partial charge in [-0.2, -0.15) is 22.4 Å². The summed E-state index contributed by atoms with van der Waals surface area (Å²) in [6.07, 6.45) is 5.55. The molecular weight excluding hydrogens is 894 g/mol. The van der Waals surface area contributed by atoms with Crippen LogP contribution in [0.5, 0.6) is 11.5 Å². The van der Waals surface area contributed by atoms with Gasteiger partial charge in [0.2, 0.25) is 0 Å². The Morgan fingerprint density at radius 3 is 1.78 bits per heavy atom. The fraction of sp³-hybridized carbons (Fsp3) is 0.392. The van der Waals surface area contributed by atoms with Crippen LogP contribution in [0.25, 0.3) is 39.0 Å². The van der Waals surface area contributed by atoms with Crippen molar-refractivity contribution in [3.63, 3.8) is 0 Å². The summed E-state index contributed by atoms with van der Waals surface area (Å²) in [6.45, 7) is 33.5. The zero-order chi connectivity index (χ0) is 41.5. The van der Waals surface area contributed by atoms with Gasteiger partial charge in [0.1, 0.15) is 5.82 Å². The standard InChI is InChI=1S/C51H59N5O.Pt/c1-47(2,3)33-22-23-52-45(29-33)56-43-19-17-16-18-41(43)42-21-20-39(31-44(42)56)57-40-28-36(50(10,11)12)25-37(30-40)54-32-55(53-46(54)51(13,14)15)38-26-34(48(4,5)6)24-35(27-38)49(7,8)9;/h16-29H,1-15H3;/q-2;. The number of pyridine rings is 1. The second-order valence-corrected chi connectivity index (χ2v) is 20.8. The molecule has 0 spiro atoms. The summed E-state index contributed by atoms with van der Waals surface area (Å²) in [7, 11) is 0. The van der Waals surface area contributed by atoms with E-state index in [0.29, 0.717) is 11.5 Å². The van der Waals surface area contributed by atoms with Crippen LogP contribution in [0.2, 0.25) is 0 Å². The Balaban J connectivity index is 0.00000567. The monoisotopic (exact) mass is 952 g/mol. The molecule has 7 heteroatoms. The molecule has 0 unspecified atom stereocenters. The number of aromatic nitrogens is 5. The fourth-order valence-electron chi connectivity index (χ4n) is 7.11. The van der Waals surface area contributed by atoms with Crippen molar-refractivity contribution in [3.05, 3.63) is 132 Å². The predicted octanol–water partition coefficient (Wildman–Crippen LogP) is 12.3. The van der Waals surface area contributed by atoms with Gasteiger partial charge in [-0.3, -0.25) is 0 Å². The second-order valence-electron chi connectivity index (χ2n) is 20.8. The first-order chi connectivity index (χ1) is 26.4. The molecule has 3 heterocycles. The van der Waals surface area contributed by atoms with E-state index >= 15 is 0 Å². The van der Waals surface area contributed by atoms with E-state index in [4.69, 9.17) is 14.8 Å². The smallest absolute Gasteiger partial charge is 0.271 e. The normalized spacial score (nSPS) is 12.9. The minimum absolute atomic E-state index is 0. The molecule has 3 aromatic heterocycles. The molecule has 0 aliphatic rings. The van der Waals surface area contributed by atoms with Crippen molar-refractivity contribution < 1.29 is 30.5 Å². The van der Waals surface area contributed by atoms with E-state index in [1.165, 1.54) is 16.7 Å². The summed E-state index contributed by atoms with van der Waals surface area (Å²) >= 11 is 0. The van der Waals surface area contributed by atoms with E-state index in [2.05, 4.69) is 204 Å². The van der Waals surface area contributed by atoms with E-state index in [0.717, 1.165) is 50.4 Å². The third-order valence-corrected chi connectivity index (χ3v) is 10.7. The summed E-state index contributed by atoms with van der Waals surface area (Å²) < 4.78 is 12.9. The Morgan fingerprint density at radius 2 is 1.17 bits per heavy atom. The van der Waals surface area contributed by atoms with Crippen LogP contribution in [0, 0.1) is 18.5 Å². The number of fused-ring (bicyclic) bond motifs is 3. The van der Waals surface area contributed by atoms with Crippen molar-refractivity contribution in [1.82, 2.24) is 19.2 Å². The summed E-state index contributed by atoms with van der Waals surface area (Å²) in [5, 5.41) is 7.47. The number of ether oxygens (including phenoxy) is 1. The number of rotatable bonds is 5. The molecule has 7 rings (SSSR count). The van der Waals surface area contributed by atoms with Gasteiger partial charge in [0.15, 0.2) is 5.82 Å². The molecule has 0 radical (unpaired) electrons. The average molecular weight is 953 g/mol. The molecule has 7 aromatic rings. The van der Waals surface area contributed by atoms with E-state index in [-0.39, 0.29) is 48.1 Å². The van der Waals surface area contributed by atoms with E-state index in [1.54, 1.807) is 0 Å². The van der Waals surface area contributed by atoms with Gasteiger partial charge in [-0.1, -0.05) is 151 Å². The van der Waals surface area contributed by atoms with Gasteiger partial charge in [-0.25, -0.2) is 4.98 Å². The Bertz CT molecular complexity index is 2600. The third kappa shape index (κ3) is 8.60. The van der Waals surface area contributed by atoms with Gasteiger partial charge in [-0.05, 0) is 61.9 Å². The maximum atomic E-state index is 6.77. The Kier molecular flexibility index (Phi) is 11.1. The van der Waals surface area contributed by atoms with Crippen molar-refractivity contribution >= 4 is 21.8 Å². The topological polar surface area (TPSA) is 48.8 Å². The third-order valence-electron chi connectivity index (χ3n) is 10.7. The van der Waals surface area contributed by atoms with Gasteiger partial charge in [-0.15, -0.1) is 34.8 Å².